The molecule has 2 aliphatic rings. The first-order valence-corrected chi connectivity index (χ1v) is 14.3. The Bertz CT molecular complexity index is 1630. The van der Waals surface area contributed by atoms with Gasteiger partial charge in [0.05, 0.1) is 18.6 Å². The molecule has 5 heterocycles. The summed E-state index contributed by atoms with van der Waals surface area (Å²) in [6.45, 7) is 8.01. The number of carbonyl (C=O) groups excluding carboxylic acids is 2. The molecular formula is C31H33FN8O3. The quantitative estimate of drug-likeness (QED) is 0.268. The molecule has 12 heteroatoms. The summed E-state index contributed by atoms with van der Waals surface area (Å²) in [4.78, 5) is 45.7. The Kier molecular flexibility index (Phi) is 8.38. The number of pyridine rings is 1. The van der Waals surface area contributed by atoms with Crippen molar-refractivity contribution >= 4 is 34.4 Å². The molecule has 2 saturated heterocycles. The van der Waals surface area contributed by atoms with Crippen molar-refractivity contribution < 1.29 is 18.7 Å². The molecule has 0 radical (unpaired) electrons. The summed E-state index contributed by atoms with van der Waals surface area (Å²) < 4.78 is 18.6. The maximum atomic E-state index is 13.1. The van der Waals surface area contributed by atoms with E-state index in [1.807, 2.05) is 30.3 Å². The monoisotopic (exact) mass is 584 g/mol. The van der Waals surface area contributed by atoms with E-state index in [9.17, 15) is 14.0 Å². The van der Waals surface area contributed by atoms with Gasteiger partial charge in [-0.1, -0.05) is 18.7 Å². The molecule has 0 bridgehead atoms. The smallest absolute Gasteiger partial charge is 0.279 e. The molecule has 0 saturated carbocycles. The van der Waals surface area contributed by atoms with Crippen molar-refractivity contribution in [3.63, 3.8) is 0 Å². The van der Waals surface area contributed by atoms with E-state index in [0.717, 1.165) is 66.1 Å². The lowest BCUT2D eigenvalue weighted by atomic mass is 10.0. The lowest BCUT2D eigenvalue weighted by Crippen LogP contribution is -2.47. The van der Waals surface area contributed by atoms with E-state index < -0.39 is 11.7 Å². The fourth-order valence-electron chi connectivity index (χ4n) is 5.57. The number of hydrogen-bond acceptors (Lipinski definition) is 8. The fraction of sp³-hybridized carbons (Fsp3) is 0.323. The molecule has 0 aliphatic carbocycles. The Morgan fingerprint density at radius 3 is 2.67 bits per heavy atom. The van der Waals surface area contributed by atoms with Gasteiger partial charge in [-0.15, -0.1) is 0 Å². The molecule has 11 nitrogen and oxygen atoms in total. The third-order valence-electron chi connectivity index (χ3n) is 7.72. The first-order chi connectivity index (χ1) is 20.9. The van der Waals surface area contributed by atoms with Gasteiger partial charge in [0.25, 0.3) is 11.8 Å². The normalized spacial score (nSPS) is 17.5. The summed E-state index contributed by atoms with van der Waals surface area (Å²) in [6.07, 6.45) is 4.85. The minimum absolute atomic E-state index is 0.148. The molecule has 3 N–H and O–H groups in total. The molecule has 1 unspecified atom stereocenters. The summed E-state index contributed by atoms with van der Waals surface area (Å²) in [5.41, 5.74) is 4.51. The fourth-order valence-corrected chi connectivity index (χ4v) is 5.57. The third-order valence-corrected chi connectivity index (χ3v) is 7.72. The molecule has 6 rings (SSSR count). The van der Waals surface area contributed by atoms with Crippen molar-refractivity contribution in [3.05, 3.63) is 78.7 Å². The number of fused-ring (bicyclic) bond motifs is 1. The highest BCUT2D eigenvalue weighted by molar-refractivity contribution is 6.03. The highest BCUT2D eigenvalue weighted by Crippen LogP contribution is 2.29. The van der Waals surface area contributed by atoms with Crippen LogP contribution in [-0.4, -0.2) is 82.1 Å². The van der Waals surface area contributed by atoms with E-state index in [-0.39, 0.29) is 11.9 Å². The number of amides is 2. The number of H-pyrrole nitrogens is 1. The van der Waals surface area contributed by atoms with Gasteiger partial charge in [-0.3, -0.25) is 19.5 Å². The van der Waals surface area contributed by atoms with Crippen LogP contribution in [0.2, 0.25) is 0 Å². The first-order valence-electron chi connectivity index (χ1n) is 14.3. The molecule has 222 valence electrons. The van der Waals surface area contributed by atoms with E-state index in [1.54, 1.807) is 18.6 Å². The summed E-state index contributed by atoms with van der Waals surface area (Å²) in [7, 11) is 0. The van der Waals surface area contributed by atoms with Crippen molar-refractivity contribution in [2.75, 3.05) is 49.6 Å². The number of aromatic nitrogens is 4. The van der Waals surface area contributed by atoms with Crippen LogP contribution < -0.4 is 15.5 Å². The van der Waals surface area contributed by atoms with E-state index in [2.05, 4.69) is 53.0 Å². The molecule has 1 atom stereocenters. The summed E-state index contributed by atoms with van der Waals surface area (Å²) in [6, 6.07) is 13.1. The van der Waals surface area contributed by atoms with Gasteiger partial charge < -0.3 is 25.3 Å². The van der Waals surface area contributed by atoms with Gasteiger partial charge in [-0.2, -0.15) is 0 Å². The number of piperidine rings is 1. The van der Waals surface area contributed by atoms with Crippen molar-refractivity contribution in [3.8, 4) is 11.3 Å². The molecule has 43 heavy (non-hydrogen) atoms. The van der Waals surface area contributed by atoms with Gasteiger partial charge in [-0.05, 0) is 60.8 Å². The van der Waals surface area contributed by atoms with Crippen LogP contribution in [0.4, 0.5) is 15.9 Å². The molecule has 2 aliphatic heterocycles. The summed E-state index contributed by atoms with van der Waals surface area (Å²) >= 11 is 0. The number of anilines is 2. The van der Waals surface area contributed by atoms with Crippen LogP contribution in [0.25, 0.3) is 22.3 Å². The lowest BCUT2D eigenvalue weighted by molar-refractivity contribution is -0.119. The van der Waals surface area contributed by atoms with Crippen LogP contribution >= 0.6 is 0 Å². The second kappa shape index (κ2) is 12.7. The number of likely N-dealkylation sites (tertiary alicyclic amines) is 1. The SMILES string of the molecule is C=C(F)C(=O)NC1CCCN(Cc2ccnc(C(=O)Nc3ccc(-c4cc5c(N6CCOCC6)ncnc5[nH]4)cc3)c2)C1. The average molecular weight is 585 g/mol. The maximum absolute atomic E-state index is 13.1. The molecular weight excluding hydrogens is 551 g/mol. The number of benzene rings is 1. The Hall–Kier alpha value is -4.68. The molecule has 0 spiro atoms. The van der Waals surface area contributed by atoms with Gasteiger partial charge in [0, 0.05) is 49.8 Å². The molecule has 2 fully saturated rings. The van der Waals surface area contributed by atoms with Crippen LogP contribution in [-0.2, 0) is 16.1 Å². The highest BCUT2D eigenvalue weighted by Gasteiger charge is 2.23. The Labute approximate surface area is 248 Å². The van der Waals surface area contributed by atoms with E-state index in [4.69, 9.17) is 4.74 Å². The van der Waals surface area contributed by atoms with Crippen LogP contribution in [0.3, 0.4) is 0 Å². The number of halogens is 1. The van der Waals surface area contributed by atoms with Crippen molar-refractivity contribution in [1.82, 2.24) is 30.2 Å². The number of ether oxygens (including phenoxy) is 1. The zero-order valence-electron chi connectivity index (χ0n) is 23.7. The number of carbonyl (C=O) groups is 2. The zero-order valence-corrected chi connectivity index (χ0v) is 23.7. The molecule has 3 aromatic heterocycles. The third kappa shape index (κ3) is 6.71. The van der Waals surface area contributed by atoms with Crippen molar-refractivity contribution in [1.29, 1.82) is 0 Å². The number of rotatable bonds is 8. The standard InChI is InChI=1S/C31H33FN8O3/c1-20(32)30(41)37-24-3-2-10-39(18-24)17-21-8-9-33-27(15-21)31(42)36-23-6-4-22(5-7-23)26-16-25-28(38-26)34-19-35-29(25)40-11-13-43-14-12-40/h4-9,15-16,19,24H,1-3,10-14,17-18H2,(H,36,42)(H,37,41)(H,34,35,38). The summed E-state index contributed by atoms with van der Waals surface area (Å²) in [5, 5.41) is 6.57. The van der Waals surface area contributed by atoms with E-state index >= 15 is 0 Å². The Balaban J connectivity index is 1.09. The number of aromatic amines is 1. The van der Waals surface area contributed by atoms with Crippen LogP contribution in [0.5, 0.6) is 0 Å². The van der Waals surface area contributed by atoms with Gasteiger partial charge in [0.2, 0.25) is 0 Å². The Morgan fingerprint density at radius 2 is 1.88 bits per heavy atom. The minimum atomic E-state index is -0.984. The topological polar surface area (TPSA) is 128 Å². The van der Waals surface area contributed by atoms with E-state index in [0.29, 0.717) is 37.7 Å². The molecule has 4 aromatic rings. The molecule has 2 amide bonds. The van der Waals surface area contributed by atoms with Gasteiger partial charge in [0.1, 0.15) is 23.5 Å². The largest absolute Gasteiger partial charge is 0.378 e. The average Bonchev–Trinajstić information content (AvgIpc) is 3.47. The second-order valence-electron chi connectivity index (χ2n) is 10.8. The first kappa shape index (κ1) is 28.4. The number of morpholine rings is 1. The van der Waals surface area contributed by atoms with Crippen molar-refractivity contribution in [2.45, 2.75) is 25.4 Å². The van der Waals surface area contributed by atoms with Crippen LogP contribution in [0, 0.1) is 0 Å². The molecule has 1 aromatic carbocycles. The van der Waals surface area contributed by atoms with E-state index in [1.165, 1.54) is 0 Å². The number of nitrogens with zero attached hydrogens (tertiary/aromatic N) is 5. The number of nitrogens with one attached hydrogen (secondary N) is 3. The summed E-state index contributed by atoms with van der Waals surface area (Å²) in [5.74, 6) is -1.17. The lowest BCUT2D eigenvalue weighted by Gasteiger charge is -2.33. The van der Waals surface area contributed by atoms with Crippen LogP contribution in [0.15, 0.2) is 67.4 Å². The van der Waals surface area contributed by atoms with Gasteiger partial charge in [0.15, 0.2) is 5.83 Å². The minimum Gasteiger partial charge on any atom is -0.378 e. The second-order valence-corrected chi connectivity index (χ2v) is 10.8. The van der Waals surface area contributed by atoms with Gasteiger partial charge >= 0.3 is 0 Å². The maximum Gasteiger partial charge on any atom is 0.279 e. The highest BCUT2D eigenvalue weighted by atomic mass is 19.1. The zero-order chi connectivity index (χ0) is 29.8. The van der Waals surface area contributed by atoms with Gasteiger partial charge in [-0.25, -0.2) is 14.4 Å². The predicted molar refractivity (Wildman–Crippen MR) is 161 cm³/mol. The Morgan fingerprint density at radius 1 is 1.07 bits per heavy atom. The van der Waals surface area contributed by atoms with Crippen LogP contribution in [0.1, 0.15) is 28.9 Å². The van der Waals surface area contributed by atoms with Crippen molar-refractivity contribution in [2.24, 2.45) is 0 Å². The predicted octanol–water partition coefficient (Wildman–Crippen LogP) is 3.67. The number of hydrogen-bond donors (Lipinski definition) is 3.